The summed E-state index contributed by atoms with van der Waals surface area (Å²) in [5.41, 5.74) is 13.8. The number of anilines is 4. The van der Waals surface area contributed by atoms with Crippen molar-refractivity contribution in [1.29, 1.82) is 0 Å². The molecule has 1 fully saturated rings. The van der Waals surface area contributed by atoms with Crippen LogP contribution in [0, 0.1) is 0 Å². The summed E-state index contributed by atoms with van der Waals surface area (Å²) in [7, 11) is 5.94. The third-order valence-electron chi connectivity index (χ3n) is 7.62. The normalized spacial score (nSPS) is 17.2. The van der Waals surface area contributed by atoms with Gasteiger partial charge in [0.05, 0.1) is 29.9 Å². The highest BCUT2D eigenvalue weighted by molar-refractivity contribution is 5.97. The van der Waals surface area contributed by atoms with Crippen LogP contribution in [0.25, 0.3) is 22.2 Å². The largest absolute Gasteiger partial charge is 0.494 e. The molecule has 4 heterocycles. The minimum atomic E-state index is 0.522. The first-order chi connectivity index (χ1) is 17.5. The van der Waals surface area contributed by atoms with E-state index < -0.39 is 0 Å². The maximum atomic E-state index is 6.54. The van der Waals surface area contributed by atoms with Gasteiger partial charge in [0.25, 0.3) is 0 Å². The fraction of sp³-hybridized carbons (Fsp3) is 0.357. The van der Waals surface area contributed by atoms with Crippen LogP contribution in [0.5, 0.6) is 5.75 Å². The van der Waals surface area contributed by atoms with Crippen LogP contribution in [-0.2, 0) is 13.0 Å². The molecule has 6 rings (SSSR count). The van der Waals surface area contributed by atoms with Gasteiger partial charge in [0, 0.05) is 60.1 Å². The molecule has 0 saturated carbocycles. The number of nitrogen functional groups attached to an aromatic ring is 1. The van der Waals surface area contributed by atoms with Crippen molar-refractivity contribution in [2.75, 3.05) is 50.2 Å². The van der Waals surface area contributed by atoms with Crippen LogP contribution < -0.4 is 20.7 Å². The molecule has 0 radical (unpaired) electrons. The van der Waals surface area contributed by atoms with Gasteiger partial charge in [0.2, 0.25) is 5.95 Å². The molecular weight excluding hydrogens is 450 g/mol. The van der Waals surface area contributed by atoms with Gasteiger partial charge in [-0.1, -0.05) is 18.2 Å². The molecule has 0 spiro atoms. The molecular formula is C28H33N7O. The highest BCUT2D eigenvalue weighted by Gasteiger charge is 2.27. The Bertz CT molecular complexity index is 1430. The Hall–Kier alpha value is -3.78. The summed E-state index contributed by atoms with van der Waals surface area (Å²) in [5, 5.41) is 4.61. The number of benzene rings is 2. The van der Waals surface area contributed by atoms with Crippen molar-refractivity contribution in [2.45, 2.75) is 31.8 Å². The second-order valence-electron chi connectivity index (χ2n) is 9.95. The highest BCUT2D eigenvalue weighted by Crippen LogP contribution is 2.40. The molecule has 1 saturated heterocycles. The van der Waals surface area contributed by atoms with Crippen LogP contribution in [0.4, 0.5) is 23.0 Å². The predicted molar refractivity (Wildman–Crippen MR) is 146 cm³/mol. The summed E-state index contributed by atoms with van der Waals surface area (Å²) in [4.78, 5) is 14.0. The molecule has 8 nitrogen and oxygen atoms in total. The average molecular weight is 484 g/mol. The number of methoxy groups -OCH3 is 1. The molecule has 1 unspecified atom stereocenters. The van der Waals surface area contributed by atoms with Gasteiger partial charge in [-0.25, -0.2) is 9.97 Å². The molecule has 3 N–H and O–H groups in total. The number of hydrogen-bond acceptors (Lipinski definition) is 7. The molecule has 1 atom stereocenters. The van der Waals surface area contributed by atoms with Crippen LogP contribution in [0.2, 0.25) is 0 Å². The minimum Gasteiger partial charge on any atom is -0.494 e. The summed E-state index contributed by atoms with van der Waals surface area (Å²) in [5.74, 6) is 1.24. The van der Waals surface area contributed by atoms with Crippen LogP contribution >= 0.6 is 0 Å². The van der Waals surface area contributed by atoms with Crippen molar-refractivity contribution >= 4 is 33.9 Å². The van der Waals surface area contributed by atoms with Gasteiger partial charge in [0.1, 0.15) is 5.75 Å². The highest BCUT2D eigenvalue weighted by atomic mass is 16.5. The van der Waals surface area contributed by atoms with Gasteiger partial charge in [-0.15, -0.1) is 0 Å². The number of nitrogens with one attached hydrogen (secondary N) is 1. The van der Waals surface area contributed by atoms with E-state index in [1.165, 1.54) is 28.6 Å². The first-order valence-corrected chi connectivity index (χ1v) is 12.6. The standard InChI is InChI=1S/C28H33N7O/c1-33(2)18-11-14-34(17-18)25-16-26(36-3)22(15-20(25)29)32-28-30-12-10-21(31-28)27-19-7-4-5-8-23(19)35-13-6-9-24(27)35/h4-5,7-8,10,12,15-16,18H,6,9,11,13-14,17,29H2,1-3H3,(H,30,31,32). The Labute approximate surface area is 211 Å². The van der Waals surface area contributed by atoms with Crippen molar-refractivity contribution in [1.82, 2.24) is 19.4 Å². The third kappa shape index (κ3) is 3.82. The molecule has 0 bridgehead atoms. The number of para-hydroxylation sites is 1. The summed E-state index contributed by atoms with van der Waals surface area (Å²) >= 11 is 0. The number of fused-ring (bicyclic) bond motifs is 3. The Morgan fingerprint density at radius 1 is 1.14 bits per heavy atom. The summed E-state index contributed by atoms with van der Waals surface area (Å²) in [6.07, 6.45) is 5.16. The summed E-state index contributed by atoms with van der Waals surface area (Å²) in [6.45, 7) is 2.99. The number of aryl methyl sites for hydroxylation is 1. The third-order valence-corrected chi connectivity index (χ3v) is 7.62. The maximum Gasteiger partial charge on any atom is 0.227 e. The van der Waals surface area contributed by atoms with Gasteiger partial charge in [-0.2, -0.15) is 0 Å². The molecule has 0 amide bonds. The minimum absolute atomic E-state index is 0.522. The van der Waals surface area contributed by atoms with E-state index in [4.69, 9.17) is 15.5 Å². The number of aromatic nitrogens is 3. The fourth-order valence-corrected chi connectivity index (χ4v) is 5.75. The Kier molecular flexibility index (Phi) is 5.68. The Morgan fingerprint density at radius 2 is 2.00 bits per heavy atom. The van der Waals surface area contributed by atoms with E-state index in [1.807, 2.05) is 24.4 Å². The van der Waals surface area contributed by atoms with E-state index in [0.29, 0.717) is 17.7 Å². The Balaban J connectivity index is 1.32. The monoisotopic (exact) mass is 483 g/mol. The molecule has 36 heavy (non-hydrogen) atoms. The SMILES string of the molecule is COc1cc(N2CCC(N(C)C)C2)c(N)cc1Nc1nccc(-c2c3n(c4ccccc24)CCC3)n1. The molecule has 2 aromatic carbocycles. The van der Waals surface area contributed by atoms with E-state index in [2.05, 4.69) is 63.0 Å². The Morgan fingerprint density at radius 3 is 2.81 bits per heavy atom. The van der Waals surface area contributed by atoms with Crippen molar-refractivity contribution < 1.29 is 4.74 Å². The van der Waals surface area contributed by atoms with Crippen LogP contribution in [-0.4, -0.2) is 59.8 Å². The molecule has 186 valence electrons. The van der Waals surface area contributed by atoms with Crippen molar-refractivity contribution in [3.8, 4) is 17.0 Å². The van der Waals surface area contributed by atoms with E-state index >= 15 is 0 Å². The van der Waals surface area contributed by atoms with E-state index in [1.54, 1.807) is 7.11 Å². The number of ether oxygens (including phenoxy) is 1. The van der Waals surface area contributed by atoms with E-state index in [0.717, 1.165) is 55.3 Å². The lowest BCUT2D eigenvalue weighted by molar-refractivity contribution is 0.315. The van der Waals surface area contributed by atoms with Crippen LogP contribution in [0.3, 0.4) is 0 Å². The lowest BCUT2D eigenvalue weighted by atomic mass is 10.1. The zero-order valence-corrected chi connectivity index (χ0v) is 21.2. The second-order valence-corrected chi connectivity index (χ2v) is 9.95. The zero-order chi connectivity index (χ0) is 24.8. The molecule has 2 aliphatic rings. The molecule has 2 aliphatic heterocycles. The van der Waals surface area contributed by atoms with Crippen molar-refractivity contribution in [3.05, 3.63) is 54.4 Å². The number of rotatable bonds is 6. The zero-order valence-electron chi connectivity index (χ0n) is 21.2. The smallest absolute Gasteiger partial charge is 0.227 e. The topological polar surface area (TPSA) is 84.5 Å². The van der Waals surface area contributed by atoms with Gasteiger partial charge in [-0.3, -0.25) is 0 Å². The summed E-state index contributed by atoms with van der Waals surface area (Å²) < 4.78 is 8.19. The van der Waals surface area contributed by atoms with Gasteiger partial charge < -0.3 is 30.2 Å². The van der Waals surface area contributed by atoms with E-state index in [9.17, 15) is 0 Å². The molecule has 0 aliphatic carbocycles. The van der Waals surface area contributed by atoms with E-state index in [-0.39, 0.29) is 0 Å². The lowest BCUT2D eigenvalue weighted by Gasteiger charge is -2.24. The van der Waals surface area contributed by atoms with Crippen molar-refractivity contribution in [3.63, 3.8) is 0 Å². The number of likely N-dealkylation sites (N-methyl/N-ethyl adjacent to an activating group) is 1. The number of nitrogens with two attached hydrogens (primary N) is 1. The maximum absolute atomic E-state index is 6.54. The number of nitrogens with zero attached hydrogens (tertiary/aromatic N) is 5. The van der Waals surface area contributed by atoms with Gasteiger partial charge in [0.15, 0.2) is 0 Å². The first kappa shape index (κ1) is 22.7. The average Bonchev–Trinajstić information content (AvgIpc) is 3.61. The van der Waals surface area contributed by atoms with Gasteiger partial charge in [-0.05, 0) is 51.6 Å². The predicted octanol–water partition coefficient (Wildman–Crippen LogP) is 4.52. The lowest BCUT2D eigenvalue weighted by Crippen LogP contribution is -2.31. The molecule has 8 heteroatoms. The van der Waals surface area contributed by atoms with Crippen LogP contribution in [0.15, 0.2) is 48.7 Å². The molecule has 2 aromatic heterocycles. The number of hydrogen-bond donors (Lipinski definition) is 2. The van der Waals surface area contributed by atoms with Gasteiger partial charge >= 0.3 is 0 Å². The first-order valence-electron chi connectivity index (χ1n) is 12.6. The summed E-state index contributed by atoms with van der Waals surface area (Å²) in [6, 6.07) is 15.1. The fourth-order valence-electron chi connectivity index (χ4n) is 5.75. The van der Waals surface area contributed by atoms with Crippen molar-refractivity contribution in [2.24, 2.45) is 0 Å². The van der Waals surface area contributed by atoms with Crippen LogP contribution in [0.1, 0.15) is 18.5 Å². The second kappa shape index (κ2) is 9.02. The quantitative estimate of drug-likeness (QED) is 0.390. The molecule has 4 aromatic rings.